The molecule has 148 valence electrons. The van der Waals surface area contributed by atoms with E-state index in [-0.39, 0.29) is 18.2 Å². The van der Waals surface area contributed by atoms with Crippen molar-refractivity contribution in [2.75, 3.05) is 12.3 Å². The van der Waals surface area contributed by atoms with Gasteiger partial charge in [-0.2, -0.15) is 5.26 Å². The third-order valence-electron chi connectivity index (χ3n) is 4.23. The zero-order chi connectivity index (χ0) is 20.8. The van der Waals surface area contributed by atoms with Crippen molar-refractivity contribution < 1.29 is 4.79 Å². The highest BCUT2D eigenvalue weighted by Crippen LogP contribution is 2.32. The Morgan fingerprint density at radius 1 is 1.21 bits per heavy atom. The molecule has 0 atom stereocenters. The van der Waals surface area contributed by atoms with Gasteiger partial charge in [-0.25, -0.2) is 0 Å². The van der Waals surface area contributed by atoms with E-state index in [2.05, 4.69) is 35.4 Å². The van der Waals surface area contributed by atoms with E-state index < -0.39 is 0 Å². The van der Waals surface area contributed by atoms with Crippen LogP contribution in [0.3, 0.4) is 0 Å². The van der Waals surface area contributed by atoms with E-state index >= 15 is 0 Å². The van der Waals surface area contributed by atoms with Gasteiger partial charge in [0, 0.05) is 10.6 Å². The summed E-state index contributed by atoms with van der Waals surface area (Å²) in [5, 5.41) is 21.2. The van der Waals surface area contributed by atoms with Gasteiger partial charge in [0.1, 0.15) is 6.54 Å². The normalized spacial score (nSPS) is 10.7. The lowest BCUT2D eigenvalue weighted by atomic mass is 10.0. The molecular weight excluding hydrogens is 406 g/mol. The fourth-order valence-corrected chi connectivity index (χ4v) is 3.77. The molecule has 0 fully saturated rings. The van der Waals surface area contributed by atoms with Gasteiger partial charge in [0.05, 0.1) is 17.5 Å². The number of halogens is 1. The van der Waals surface area contributed by atoms with Crippen LogP contribution >= 0.6 is 23.4 Å². The van der Waals surface area contributed by atoms with Gasteiger partial charge >= 0.3 is 0 Å². The standard InChI is InChI=1S/C21H20ClN5OS/c1-14(2)17-5-3-4-6-18(17)27-20(15-7-9-16(22)10-8-15)25-26-21(27)29-13-19(28)24-12-11-23/h3-10,14H,12-13H2,1-2H3,(H,24,28). The van der Waals surface area contributed by atoms with Crippen LogP contribution in [0.15, 0.2) is 53.7 Å². The topological polar surface area (TPSA) is 83.6 Å². The Morgan fingerprint density at radius 3 is 2.62 bits per heavy atom. The van der Waals surface area contributed by atoms with Crippen LogP contribution in [0.1, 0.15) is 25.3 Å². The minimum atomic E-state index is -0.226. The van der Waals surface area contributed by atoms with Crippen LogP contribution in [0.4, 0.5) is 0 Å². The molecule has 29 heavy (non-hydrogen) atoms. The minimum absolute atomic E-state index is 0.0156. The number of para-hydroxylation sites is 1. The van der Waals surface area contributed by atoms with Crippen LogP contribution in [0.5, 0.6) is 0 Å². The molecule has 8 heteroatoms. The number of benzene rings is 2. The first-order valence-electron chi connectivity index (χ1n) is 9.08. The number of carbonyl (C=O) groups excluding carboxylic acids is 1. The quantitative estimate of drug-likeness (QED) is 0.446. The van der Waals surface area contributed by atoms with Crippen LogP contribution in [0.25, 0.3) is 17.1 Å². The predicted molar refractivity (Wildman–Crippen MR) is 115 cm³/mol. The summed E-state index contributed by atoms with van der Waals surface area (Å²) in [7, 11) is 0. The SMILES string of the molecule is CC(C)c1ccccc1-n1c(SCC(=O)NCC#N)nnc1-c1ccc(Cl)cc1. The number of thioether (sulfide) groups is 1. The van der Waals surface area contributed by atoms with E-state index in [0.717, 1.165) is 16.8 Å². The Bertz CT molecular complexity index is 1040. The van der Waals surface area contributed by atoms with Crippen LogP contribution in [0, 0.1) is 11.3 Å². The number of nitrogens with one attached hydrogen (secondary N) is 1. The highest BCUT2D eigenvalue weighted by atomic mass is 35.5. The average molecular weight is 426 g/mol. The molecular formula is C21H20ClN5OS. The summed E-state index contributed by atoms with van der Waals surface area (Å²) >= 11 is 7.32. The maximum absolute atomic E-state index is 12.0. The zero-order valence-corrected chi connectivity index (χ0v) is 17.7. The maximum Gasteiger partial charge on any atom is 0.231 e. The van der Waals surface area contributed by atoms with Crippen molar-refractivity contribution in [3.63, 3.8) is 0 Å². The third kappa shape index (κ3) is 4.97. The van der Waals surface area contributed by atoms with Crippen molar-refractivity contribution in [2.24, 2.45) is 0 Å². The zero-order valence-electron chi connectivity index (χ0n) is 16.1. The fraction of sp³-hybridized carbons (Fsp3) is 0.238. The van der Waals surface area contributed by atoms with Crippen LogP contribution in [-0.4, -0.2) is 33.0 Å². The average Bonchev–Trinajstić information content (AvgIpc) is 3.15. The van der Waals surface area contributed by atoms with Gasteiger partial charge in [0.2, 0.25) is 5.91 Å². The van der Waals surface area contributed by atoms with Crippen LogP contribution in [0.2, 0.25) is 5.02 Å². The molecule has 0 saturated heterocycles. The first-order valence-corrected chi connectivity index (χ1v) is 10.4. The minimum Gasteiger partial charge on any atom is -0.342 e. The number of rotatable bonds is 7. The van der Waals surface area contributed by atoms with E-state index in [0.29, 0.717) is 21.9 Å². The van der Waals surface area contributed by atoms with Crippen molar-refractivity contribution >= 4 is 29.3 Å². The number of aromatic nitrogens is 3. The van der Waals surface area contributed by atoms with Crippen LogP contribution in [-0.2, 0) is 4.79 Å². The summed E-state index contributed by atoms with van der Waals surface area (Å²) in [4.78, 5) is 12.0. The van der Waals surface area contributed by atoms with E-state index in [4.69, 9.17) is 16.9 Å². The van der Waals surface area contributed by atoms with Crippen molar-refractivity contribution in [3.05, 3.63) is 59.1 Å². The smallest absolute Gasteiger partial charge is 0.231 e. The van der Waals surface area contributed by atoms with Crippen molar-refractivity contribution in [1.82, 2.24) is 20.1 Å². The maximum atomic E-state index is 12.0. The second-order valence-electron chi connectivity index (χ2n) is 6.59. The number of amides is 1. The predicted octanol–water partition coefficient (Wildman–Crippen LogP) is 4.44. The highest BCUT2D eigenvalue weighted by molar-refractivity contribution is 7.99. The molecule has 1 N–H and O–H groups in total. The fourth-order valence-electron chi connectivity index (χ4n) is 2.87. The number of hydrogen-bond donors (Lipinski definition) is 1. The van der Waals surface area contributed by atoms with E-state index in [1.54, 1.807) is 0 Å². The molecule has 1 heterocycles. The summed E-state index contributed by atoms with van der Waals surface area (Å²) < 4.78 is 1.97. The Morgan fingerprint density at radius 2 is 1.93 bits per heavy atom. The Hall–Kier alpha value is -2.82. The third-order valence-corrected chi connectivity index (χ3v) is 5.41. The summed E-state index contributed by atoms with van der Waals surface area (Å²) in [5.41, 5.74) is 3.00. The van der Waals surface area contributed by atoms with Crippen LogP contribution < -0.4 is 5.32 Å². The molecule has 1 aromatic heterocycles. The molecule has 0 unspecified atom stereocenters. The summed E-state index contributed by atoms with van der Waals surface area (Å²) in [5.74, 6) is 0.888. The van der Waals surface area contributed by atoms with Gasteiger partial charge in [-0.05, 0) is 41.8 Å². The molecule has 0 radical (unpaired) electrons. The lowest BCUT2D eigenvalue weighted by molar-refractivity contribution is -0.118. The van der Waals surface area contributed by atoms with Gasteiger partial charge in [-0.1, -0.05) is 55.4 Å². The van der Waals surface area contributed by atoms with Gasteiger partial charge < -0.3 is 5.32 Å². The largest absolute Gasteiger partial charge is 0.342 e. The Labute approximate surface area is 178 Å². The van der Waals surface area contributed by atoms with Crippen molar-refractivity contribution in [1.29, 1.82) is 5.26 Å². The number of hydrogen-bond acceptors (Lipinski definition) is 5. The van der Waals surface area contributed by atoms with E-state index in [1.807, 2.05) is 53.1 Å². The molecule has 3 rings (SSSR count). The molecule has 1 amide bonds. The molecule has 0 aliphatic carbocycles. The molecule has 0 aliphatic heterocycles. The Kier molecular flexibility index (Phi) is 6.91. The molecule has 0 aliphatic rings. The van der Waals surface area contributed by atoms with Gasteiger partial charge in [-0.3, -0.25) is 9.36 Å². The number of nitriles is 1. The molecule has 3 aromatic rings. The summed E-state index contributed by atoms with van der Waals surface area (Å²) in [6.45, 7) is 4.25. The number of carbonyl (C=O) groups is 1. The molecule has 0 bridgehead atoms. The molecule has 6 nitrogen and oxygen atoms in total. The van der Waals surface area contributed by atoms with Crippen molar-refractivity contribution in [2.45, 2.75) is 24.9 Å². The molecule has 0 spiro atoms. The van der Waals surface area contributed by atoms with Gasteiger partial charge in [-0.15, -0.1) is 10.2 Å². The lowest BCUT2D eigenvalue weighted by Gasteiger charge is -2.17. The lowest BCUT2D eigenvalue weighted by Crippen LogP contribution is -2.25. The second kappa shape index (κ2) is 9.59. The van der Waals surface area contributed by atoms with E-state index in [1.165, 1.54) is 11.8 Å². The summed E-state index contributed by atoms with van der Waals surface area (Å²) in [6, 6.07) is 17.4. The van der Waals surface area contributed by atoms with Crippen molar-refractivity contribution in [3.8, 4) is 23.1 Å². The number of nitrogens with zero attached hydrogens (tertiary/aromatic N) is 4. The Balaban J connectivity index is 2.05. The molecule has 2 aromatic carbocycles. The first kappa shape index (κ1) is 20.9. The second-order valence-corrected chi connectivity index (χ2v) is 7.96. The molecule has 0 saturated carbocycles. The van der Waals surface area contributed by atoms with Gasteiger partial charge in [0.15, 0.2) is 11.0 Å². The van der Waals surface area contributed by atoms with Gasteiger partial charge in [0.25, 0.3) is 0 Å². The monoisotopic (exact) mass is 425 g/mol. The van der Waals surface area contributed by atoms with E-state index in [9.17, 15) is 4.79 Å². The summed E-state index contributed by atoms with van der Waals surface area (Å²) in [6.07, 6.45) is 0. The highest BCUT2D eigenvalue weighted by Gasteiger charge is 2.20. The first-order chi connectivity index (χ1) is 14.0.